The third-order valence-electron chi connectivity index (χ3n) is 5.05. The Morgan fingerprint density at radius 3 is 2.41 bits per heavy atom. The molecule has 0 aliphatic carbocycles. The van der Waals surface area contributed by atoms with Crippen molar-refractivity contribution in [3.8, 4) is 17.2 Å². The third kappa shape index (κ3) is 5.24. The molecule has 0 radical (unpaired) electrons. The van der Waals surface area contributed by atoms with Gasteiger partial charge in [-0.3, -0.25) is 19.8 Å². The lowest BCUT2D eigenvalue weighted by Gasteiger charge is -2.33. The fourth-order valence-corrected chi connectivity index (χ4v) is 3.27. The van der Waals surface area contributed by atoms with Gasteiger partial charge in [-0.1, -0.05) is 0 Å². The molecular formula is C21H20FN5O5. The molecule has 1 saturated heterocycles. The second kappa shape index (κ2) is 9.52. The average molecular weight is 441 g/mol. The van der Waals surface area contributed by atoms with E-state index in [0.29, 0.717) is 55.8 Å². The van der Waals surface area contributed by atoms with Gasteiger partial charge < -0.3 is 14.1 Å². The van der Waals surface area contributed by atoms with Gasteiger partial charge in [0.2, 0.25) is 11.8 Å². The Balaban J connectivity index is 1.24. The highest BCUT2D eigenvalue weighted by atomic mass is 19.1. The van der Waals surface area contributed by atoms with Crippen LogP contribution in [0.15, 0.2) is 52.9 Å². The summed E-state index contributed by atoms with van der Waals surface area (Å²) in [6.07, 6.45) is 0. The summed E-state index contributed by atoms with van der Waals surface area (Å²) in [7, 11) is 0. The van der Waals surface area contributed by atoms with Crippen LogP contribution in [0.5, 0.6) is 5.75 Å². The summed E-state index contributed by atoms with van der Waals surface area (Å²) in [5.74, 6) is 0.672. The number of rotatable bonds is 7. The number of nitrogens with zero attached hydrogens (tertiary/aromatic N) is 5. The topological polar surface area (TPSA) is 115 Å². The van der Waals surface area contributed by atoms with Gasteiger partial charge in [-0.15, -0.1) is 10.2 Å². The van der Waals surface area contributed by atoms with Crippen LogP contribution in [-0.2, 0) is 11.3 Å². The van der Waals surface area contributed by atoms with Crippen LogP contribution in [0.1, 0.15) is 5.89 Å². The molecule has 0 unspecified atom stereocenters. The van der Waals surface area contributed by atoms with Crippen LogP contribution in [0.25, 0.3) is 11.5 Å². The van der Waals surface area contributed by atoms with Gasteiger partial charge in [0.05, 0.1) is 11.5 Å². The van der Waals surface area contributed by atoms with E-state index in [4.69, 9.17) is 9.15 Å². The van der Waals surface area contributed by atoms with Crippen LogP contribution in [0.2, 0.25) is 0 Å². The lowest BCUT2D eigenvalue weighted by atomic mass is 10.2. The molecule has 0 bridgehead atoms. The maximum absolute atomic E-state index is 12.9. The highest BCUT2D eigenvalue weighted by molar-refractivity contribution is 5.77. The number of piperazine rings is 1. The van der Waals surface area contributed by atoms with E-state index in [0.717, 1.165) is 0 Å². The number of nitro groups is 1. The van der Waals surface area contributed by atoms with Crippen molar-refractivity contribution in [2.24, 2.45) is 0 Å². The second-order valence-corrected chi connectivity index (χ2v) is 7.20. The highest BCUT2D eigenvalue weighted by Gasteiger charge is 2.23. The predicted molar refractivity (Wildman–Crippen MR) is 110 cm³/mol. The largest absolute Gasteiger partial charge is 0.484 e. The summed E-state index contributed by atoms with van der Waals surface area (Å²) < 4.78 is 24.0. The van der Waals surface area contributed by atoms with Gasteiger partial charge in [-0.05, 0) is 36.4 Å². The molecule has 1 aliphatic heterocycles. The van der Waals surface area contributed by atoms with Crippen molar-refractivity contribution < 1.29 is 23.3 Å². The molecule has 0 saturated carbocycles. The van der Waals surface area contributed by atoms with Crippen molar-refractivity contribution in [3.05, 3.63) is 70.4 Å². The van der Waals surface area contributed by atoms with E-state index in [2.05, 4.69) is 15.1 Å². The Labute approximate surface area is 182 Å². The highest BCUT2D eigenvalue weighted by Crippen LogP contribution is 2.22. The zero-order chi connectivity index (χ0) is 22.5. The van der Waals surface area contributed by atoms with E-state index in [-0.39, 0.29) is 24.0 Å². The lowest BCUT2D eigenvalue weighted by Crippen LogP contribution is -2.49. The maximum Gasteiger partial charge on any atom is 0.269 e. The summed E-state index contributed by atoms with van der Waals surface area (Å²) in [5.41, 5.74) is 0.592. The van der Waals surface area contributed by atoms with Crippen LogP contribution in [-0.4, -0.2) is 63.6 Å². The fourth-order valence-electron chi connectivity index (χ4n) is 3.27. The zero-order valence-electron chi connectivity index (χ0n) is 17.0. The molecule has 0 atom stereocenters. The number of amides is 1. The van der Waals surface area contributed by atoms with Crippen molar-refractivity contribution in [2.75, 3.05) is 32.8 Å². The molecule has 11 heteroatoms. The number of hydrogen-bond donors (Lipinski definition) is 0. The summed E-state index contributed by atoms with van der Waals surface area (Å²) in [6, 6.07) is 11.4. The lowest BCUT2D eigenvalue weighted by molar-refractivity contribution is -0.384. The summed E-state index contributed by atoms with van der Waals surface area (Å²) in [5, 5.41) is 18.8. The number of benzene rings is 2. The Kier molecular flexibility index (Phi) is 6.36. The number of aromatic nitrogens is 2. The van der Waals surface area contributed by atoms with Gasteiger partial charge in [0.15, 0.2) is 6.61 Å². The molecule has 2 heterocycles. The van der Waals surface area contributed by atoms with Gasteiger partial charge in [-0.2, -0.15) is 0 Å². The molecule has 2 aromatic carbocycles. The van der Waals surface area contributed by atoms with Crippen LogP contribution in [0.3, 0.4) is 0 Å². The quantitative estimate of drug-likeness (QED) is 0.406. The number of non-ortho nitro benzene ring substituents is 1. The molecule has 166 valence electrons. The van der Waals surface area contributed by atoms with Gasteiger partial charge in [0.25, 0.3) is 11.6 Å². The minimum Gasteiger partial charge on any atom is -0.484 e. The van der Waals surface area contributed by atoms with Crippen LogP contribution in [0, 0.1) is 15.9 Å². The predicted octanol–water partition coefficient (Wildman–Crippen LogP) is 2.51. The number of hydrogen-bond acceptors (Lipinski definition) is 8. The maximum atomic E-state index is 12.9. The normalized spacial score (nSPS) is 14.3. The molecule has 3 aromatic rings. The number of nitro benzene ring substituents is 1. The molecule has 4 rings (SSSR count). The molecule has 32 heavy (non-hydrogen) atoms. The molecule has 1 aromatic heterocycles. The number of carbonyl (C=O) groups excluding carboxylic acids is 1. The summed E-state index contributed by atoms with van der Waals surface area (Å²) >= 11 is 0. The third-order valence-corrected chi connectivity index (χ3v) is 5.05. The Morgan fingerprint density at radius 2 is 1.75 bits per heavy atom. The number of carbonyl (C=O) groups is 1. The standard InChI is InChI=1S/C21H20FN5O5/c22-16-3-7-18(8-4-16)31-14-20(28)26-11-9-25(10-12-26)13-19-23-24-21(32-19)15-1-5-17(6-2-15)27(29)30/h1-8H,9-14H2. The van der Waals surface area contributed by atoms with E-state index in [1.807, 2.05) is 0 Å². The molecule has 0 N–H and O–H groups in total. The van der Waals surface area contributed by atoms with Gasteiger partial charge in [0, 0.05) is 43.9 Å². The first-order valence-electron chi connectivity index (χ1n) is 9.93. The van der Waals surface area contributed by atoms with E-state index in [9.17, 15) is 19.3 Å². The molecule has 1 fully saturated rings. The van der Waals surface area contributed by atoms with E-state index >= 15 is 0 Å². The van der Waals surface area contributed by atoms with E-state index in [1.165, 1.54) is 36.4 Å². The Bertz CT molecular complexity index is 1080. The summed E-state index contributed by atoms with van der Waals surface area (Å²) in [6.45, 7) is 2.68. The second-order valence-electron chi connectivity index (χ2n) is 7.20. The zero-order valence-corrected chi connectivity index (χ0v) is 17.0. The first kappa shape index (κ1) is 21.4. The SMILES string of the molecule is O=C(COc1ccc(F)cc1)N1CCN(Cc2nnc(-c3ccc([N+](=O)[O-])cc3)o2)CC1. The first-order chi connectivity index (χ1) is 15.5. The van der Waals surface area contributed by atoms with Crippen LogP contribution < -0.4 is 4.74 Å². The van der Waals surface area contributed by atoms with E-state index < -0.39 is 4.92 Å². The van der Waals surface area contributed by atoms with Crippen molar-refractivity contribution in [1.29, 1.82) is 0 Å². The van der Waals surface area contributed by atoms with Gasteiger partial charge >= 0.3 is 0 Å². The molecule has 1 aliphatic rings. The molecule has 0 spiro atoms. The monoisotopic (exact) mass is 441 g/mol. The minimum absolute atomic E-state index is 0.0102. The Morgan fingerprint density at radius 1 is 1.06 bits per heavy atom. The van der Waals surface area contributed by atoms with Crippen molar-refractivity contribution in [2.45, 2.75) is 6.54 Å². The van der Waals surface area contributed by atoms with Crippen LogP contribution >= 0.6 is 0 Å². The van der Waals surface area contributed by atoms with Crippen LogP contribution in [0.4, 0.5) is 10.1 Å². The molecular weight excluding hydrogens is 421 g/mol. The van der Waals surface area contributed by atoms with Gasteiger partial charge in [0.1, 0.15) is 11.6 Å². The Hall–Kier alpha value is -3.86. The number of halogens is 1. The molecule has 1 amide bonds. The van der Waals surface area contributed by atoms with Crippen molar-refractivity contribution in [1.82, 2.24) is 20.0 Å². The fraction of sp³-hybridized carbons (Fsp3) is 0.286. The number of ether oxygens (including phenoxy) is 1. The molecule has 10 nitrogen and oxygen atoms in total. The minimum atomic E-state index is -0.470. The van der Waals surface area contributed by atoms with Gasteiger partial charge in [-0.25, -0.2) is 4.39 Å². The summed E-state index contributed by atoms with van der Waals surface area (Å²) in [4.78, 5) is 26.5. The first-order valence-corrected chi connectivity index (χ1v) is 9.93. The smallest absolute Gasteiger partial charge is 0.269 e. The van der Waals surface area contributed by atoms with Crippen molar-refractivity contribution in [3.63, 3.8) is 0 Å². The average Bonchev–Trinajstić information content (AvgIpc) is 3.27. The van der Waals surface area contributed by atoms with Crippen molar-refractivity contribution >= 4 is 11.6 Å². The van der Waals surface area contributed by atoms with E-state index in [1.54, 1.807) is 17.0 Å².